The first-order chi connectivity index (χ1) is 7.72. The molecule has 2 nitrogen and oxygen atoms in total. The second kappa shape index (κ2) is 6.79. The maximum atomic E-state index is 5.58. The Balaban J connectivity index is 2.36. The highest BCUT2D eigenvalue weighted by atomic mass is 16.5. The summed E-state index contributed by atoms with van der Waals surface area (Å²) in [4.78, 5) is 0. The van der Waals surface area contributed by atoms with Crippen molar-refractivity contribution in [3.05, 3.63) is 24.3 Å². The van der Waals surface area contributed by atoms with Crippen LogP contribution in [0.25, 0.3) is 0 Å². The van der Waals surface area contributed by atoms with Crippen LogP contribution in [0.1, 0.15) is 20.3 Å². The Kier molecular flexibility index (Phi) is 5.28. The number of hydrogen-bond acceptors (Lipinski definition) is 2. The van der Waals surface area contributed by atoms with Gasteiger partial charge in [0.25, 0.3) is 0 Å². The monoisotopic (exact) mass is 218 g/mol. The van der Waals surface area contributed by atoms with E-state index in [1.165, 1.54) is 0 Å². The summed E-state index contributed by atoms with van der Waals surface area (Å²) in [6.07, 6.45) is 6.17. The molecule has 16 heavy (non-hydrogen) atoms. The van der Waals surface area contributed by atoms with Crippen molar-refractivity contribution in [2.75, 3.05) is 13.2 Å². The van der Waals surface area contributed by atoms with E-state index in [4.69, 9.17) is 15.9 Å². The van der Waals surface area contributed by atoms with Gasteiger partial charge in [0.1, 0.15) is 18.1 Å². The topological polar surface area (TPSA) is 18.5 Å². The molecular weight excluding hydrogens is 200 g/mol. The van der Waals surface area contributed by atoms with Crippen LogP contribution in [0.4, 0.5) is 0 Å². The molecular formula is C14H18O2. The number of ether oxygens (including phenoxy) is 2. The van der Waals surface area contributed by atoms with Crippen LogP contribution >= 0.6 is 0 Å². The number of benzene rings is 1. The molecule has 0 saturated carbocycles. The lowest BCUT2D eigenvalue weighted by molar-refractivity contribution is 0.288. The molecule has 0 N–H and O–H groups in total. The summed E-state index contributed by atoms with van der Waals surface area (Å²) >= 11 is 0. The van der Waals surface area contributed by atoms with Gasteiger partial charge in [0.05, 0.1) is 6.61 Å². The Labute approximate surface area is 97.6 Å². The van der Waals surface area contributed by atoms with Crippen molar-refractivity contribution in [2.24, 2.45) is 5.92 Å². The van der Waals surface area contributed by atoms with Crippen LogP contribution in [0, 0.1) is 18.3 Å². The van der Waals surface area contributed by atoms with E-state index in [1.54, 1.807) is 0 Å². The zero-order chi connectivity index (χ0) is 11.8. The fourth-order valence-corrected chi connectivity index (χ4v) is 1.17. The highest BCUT2D eigenvalue weighted by molar-refractivity contribution is 5.31. The Morgan fingerprint density at radius 1 is 1.12 bits per heavy atom. The first-order valence-electron chi connectivity index (χ1n) is 5.51. The smallest absolute Gasteiger partial charge is 0.148 e. The molecule has 0 unspecified atom stereocenters. The van der Waals surface area contributed by atoms with Gasteiger partial charge in [0.15, 0.2) is 0 Å². The van der Waals surface area contributed by atoms with Gasteiger partial charge >= 0.3 is 0 Å². The lowest BCUT2D eigenvalue weighted by Crippen LogP contribution is -2.01. The van der Waals surface area contributed by atoms with E-state index < -0.39 is 0 Å². The van der Waals surface area contributed by atoms with Gasteiger partial charge < -0.3 is 9.47 Å². The third kappa shape index (κ3) is 4.75. The zero-order valence-electron chi connectivity index (χ0n) is 9.90. The van der Waals surface area contributed by atoms with Crippen LogP contribution in [-0.4, -0.2) is 13.2 Å². The maximum Gasteiger partial charge on any atom is 0.148 e. The minimum absolute atomic E-state index is 0.299. The van der Waals surface area contributed by atoms with Crippen molar-refractivity contribution in [1.82, 2.24) is 0 Å². The molecule has 0 heterocycles. The van der Waals surface area contributed by atoms with Crippen LogP contribution in [0.15, 0.2) is 24.3 Å². The molecule has 0 amide bonds. The highest BCUT2D eigenvalue weighted by Crippen LogP contribution is 2.17. The predicted molar refractivity (Wildman–Crippen MR) is 65.7 cm³/mol. The average molecular weight is 218 g/mol. The Morgan fingerprint density at radius 3 is 2.19 bits per heavy atom. The van der Waals surface area contributed by atoms with Crippen molar-refractivity contribution in [1.29, 1.82) is 0 Å². The quantitative estimate of drug-likeness (QED) is 0.683. The fourth-order valence-electron chi connectivity index (χ4n) is 1.17. The molecule has 0 saturated heterocycles. The van der Waals surface area contributed by atoms with Gasteiger partial charge in [-0.15, -0.1) is 6.42 Å². The summed E-state index contributed by atoms with van der Waals surface area (Å²) in [5.41, 5.74) is 0. The van der Waals surface area contributed by atoms with Gasteiger partial charge in [-0.25, -0.2) is 0 Å². The number of terminal acetylenes is 1. The number of hydrogen-bond donors (Lipinski definition) is 0. The van der Waals surface area contributed by atoms with E-state index in [2.05, 4.69) is 19.8 Å². The van der Waals surface area contributed by atoms with Gasteiger partial charge in [-0.2, -0.15) is 0 Å². The van der Waals surface area contributed by atoms with Crippen molar-refractivity contribution < 1.29 is 9.47 Å². The molecule has 0 spiro atoms. The summed E-state index contributed by atoms with van der Waals surface area (Å²) in [6, 6.07) is 7.52. The molecule has 0 atom stereocenters. The van der Waals surface area contributed by atoms with E-state index in [9.17, 15) is 0 Å². The van der Waals surface area contributed by atoms with Crippen LogP contribution in [-0.2, 0) is 0 Å². The van der Waals surface area contributed by atoms with Crippen molar-refractivity contribution in [3.63, 3.8) is 0 Å². The first kappa shape index (κ1) is 12.4. The molecule has 2 heteroatoms. The molecule has 1 aromatic rings. The highest BCUT2D eigenvalue weighted by Gasteiger charge is 1.97. The van der Waals surface area contributed by atoms with Gasteiger partial charge in [0.2, 0.25) is 0 Å². The SMILES string of the molecule is C#CCOc1ccc(OCCC(C)C)cc1. The molecule has 1 rings (SSSR count). The van der Waals surface area contributed by atoms with Crippen LogP contribution in [0.5, 0.6) is 11.5 Å². The Bertz CT molecular complexity index is 333. The maximum absolute atomic E-state index is 5.58. The lowest BCUT2D eigenvalue weighted by atomic mass is 10.1. The first-order valence-corrected chi connectivity index (χ1v) is 5.51. The van der Waals surface area contributed by atoms with E-state index in [0.29, 0.717) is 12.5 Å². The predicted octanol–water partition coefficient (Wildman–Crippen LogP) is 3.12. The summed E-state index contributed by atoms with van der Waals surface area (Å²) in [6.45, 7) is 5.41. The van der Waals surface area contributed by atoms with Crippen molar-refractivity contribution in [2.45, 2.75) is 20.3 Å². The fraction of sp³-hybridized carbons (Fsp3) is 0.429. The molecule has 1 aromatic carbocycles. The Morgan fingerprint density at radius 2 is 1.69 bits per heavy atom. The molecule has 0 aliphatic heterocycles. The summed E-state index contributed by atoms with van der Waals surface area (Å²) < 4.78 is 10.8. The van der Waals surface area contributed by atoms with E-state index in [-0.39, 0.29) is 0 Å². The molecule has 86 valence electrons. The second-order valence-electron chi connectivity index (χ2n) is 4.00. The molecule has 0 aliphatic carbocycles. The van der Waals surface area contributed by atoms with Gasteiger partial charge in [-0.05, 0) is 36.6 Å². The number of rotatable bonds is 6. The van der Waals surface area contributed by atoms with Crippen molar-refractivity contribution in [3.8, 4) is 23.8 Å². The minimum Gasteiger partial charge on any atom is -0.494 e. The third-order valence-corrected chi connectivity index (χ3v) is 2.11. The molecule has 0 aromatic heterocycles. The standard InChI is InChI=1S/C14H18O2/c1-4-10-15-13-5-7-14(8-6-13)16-11-9-12(2)3/h1,5-8,12H,9-11H2,2-3H3. The van der Waals surface area contributed by atoms with E-state index in [1.807, 2.05) is 24.3 Å². The van der Waals surface area contributed by atoms with Crippen LogP contribution in [0.3, 0.4) is 0 Å². The zero-order valence-corrected chi connectivity index (χ0v) is 9.90. The summed E-state index contributed by atoms with van der Waals surface area (Å²) in [7, 11) is 0. The summed E-state index contributed by atoms with van der Waals surface area (Å²) in [5, 5.41) is 0. The molecule has 0 aliphatic rings. The van der Waals surface area contributed by atoms with Crippen LogP contribution in [0.2, 0.25) is 0 Å². The summed E-state index contributed by atoms with van der Waals surface area (Å²) in [5.74, 6) is 4.73. The average Bonchev–Trinajstić information content (AvgIpc) is 2.27. The third-order valence-electron chi connectivity index (χ3n) is 2.11. The molecule has 0 radical (unpaired) electrons. The van der Waals surface area contributed by atoms with Gasteiger partial charge in [-0.3, -0.25) is 0 Å². The van der Waals surface area contributed by atoms with Gasteiger partial charge in [0, 0.05) is 0 Å². The largest absolute Gasteiger partial charge is 0.494 e. The molecule has 0 bridgehead atoms. The van der Waals surface area contributed by atoms with E-state index >= 15 is 0 Å². The lowest BCUT2D eigenvalue weighted by Gasteiger charge is -2.08. The Hall–Kier alpha value is -1.62. The normalized spacial score (nSPS) is 9.88. The molecule has 0 fully saturated rings. The second-order valence-corrected chi connectivity index (χ2v) is 4.00. The van der Waals surface area contributed by atoms with Gasteiger partial charge in [-0.1, -0.05) is 19.8 Å². The minimum atomic E-state index is 0.299. The van der Waals surface area contributed by atoms with E-state index in [0.717, 1.165) is 24.5 Å². The van der Waals surface area contributed by atoms with Crippen molar-refractivity contribution >= 4 is 0 Å². The van der Waals surface area contributed by atoms with Crippen LogP contribution < -0.4 is 9.47 Å².